The number of rotatable bonds is 9. The first-order valence-corrected chi connectivity index (χ1v) is 10.5. The van der Waals surface area contributed by atoms with Crippen LogP contribution in [0.1, 0.15) is 72.4 Å². The molecule has 0 aliphatic carbocycles. The van der Waals surface area contributed by atoms with Gasteiger partial charge in [0.2, 0.25) is 0 Å². The molecule has 2 heteroatoms. The minimum absolute atomic E-state index is 0.0690. The van der Waals surface area contributed by atoms with E-state index in [1.165, 1.54) is 11.1 Å². The highest BCUT2D eigenvalue weighted by molar-refractivity contribution is 5.41. The van der Waals surface area contributed by atoms with Crippen LogP contribution in [0.15, 0.2) is 48.5 Å². The van der Waals surface area contributed by atoms with Gasteiger partial charge in [0, 0.05) is 5.41 Å². The standard InChI is InChI=1S/C26H38O2/c1-20(2)16-18-27-23-12-8-21(9-13-23)26(6,7)22-10-14-24(15-11-22)28-19-17-25(3,4)5/h8-15,20H,16-19H2,1-7H3. The fraction of sp³-hybridized carbons (Fsp3) is 0.538. The Balaban J connectivity index is 1.99. The summed E-state index contributed by atoms with van der Waals surface area (Å²) in [5.74, 6) is 2.55. The molecule has 0 fully saturated rings. The monoisotopic (exact) mass is 382 g/mol. The van der Waals surface area contributed by atoms with E-state index in [9.17, 15) is 0 Å². The maximum Gasteiger partial charge on any atom is 0.119 e. The highest BCUT2D eigenvalue weighted by Gasteiger charge is 2.23. The van der Waals surface area contributed by atoms with Crippen LogP contribution in [-0.4, -0.2) is 13.2 Å². The summed E-state index contributed by atoms with van der Waals surface area (Å²) >= 11 is 0. The van der Waals surface area contributed by atoms with Crippen molar-refractivity contribution < 1.29 is 9.47 Å². The first-order valence-electron chi connectivity index (χ1n) is 10.5. The van der Waals surface area contributed by atoms with Crippen LogP contribution >= 0.6 is 0 Å². The van der Waals surface area contributed by atoms with Gasteiger partial charge in [-0.25, -0.2) is 0 Å². The predicted octanol–water partition coefficient (Wildman–Crippen LogP) is 7.25. The highest BCUT2D eigenvalue weighted by atomic mass is 16.5. The number of hydrogen-bond donors (Lipinski definition) is 0. The molecular weight excluding hydrogens is 344 g/mol. The predicted molar refractivity (Wildman–Crippen MR) is 120 cm³/mol. The van der Waals surface area contributed by atoms with E-state index < -0.39 is 0 Å². The van der Waals surface area contributed by atoms with Crippen LogP contribution in [0.5, 0.6) is 11.5 Å². The Morgan fingerprint density at radius 3 is 1.50 bits per heavy atom. The molecule has 0 aliphatic heterocycles. The van der Waals surface area contributed by atoms with Crippen molar-refractivity contribution in [2.24, 2.45) is 11.3 Å². The zero-order valence-electron chi connectivity index (χ0n) is 18.8. The molecule has 0 bridgehead atoms. The van der Waals surface area contributed by atoms with Crippen molar-refractivity contribution in [1.29, 1.82) is 0 Å². The van der Waals surface area contributed by atoms with Gasteiger partial charge in [-0.3, -0.25) is 0 Å². The smallest absolute Gasteiger partial charge is 0.119 e. The third kappa shape index (κ3) is 6.89. The van der Waals surface area contributed by atoms with Gasteiger partial charge in [0.1, 0.15) is 11.5 Å². The normalized spacial score (nSPS) is 12.3. The molecule has 0 aliphatic rings. The van der Waals surface area contributed by atoms with Crippen LogP contribution in [0, 0.1) is 11.3 Å². The van der Waals surface area contributed by atoms with Gasteiger partial charge in [-0.1, -0.05) is 72.7 Å². The lowest BCUT2D eigenvalue weighted by Gasteiger charge is -2.26. The van der Waals surface area contributed by atoms with Gasteiger partial charge >= 0.3 is 0 Å². The topological polar surface area (TPSA) is 18.5 Å². The molecule has 0 saturated carbocycles. The van der Waals surface area contributed by atoms with Crippen molar-refractivity contribution in [1.82, 2.24) is 0 Å². The van der Waals surface area contributed by atoms with Crippen LogP contribution in [0.4, 0.5) is 0 Å². The van der Waals surface area contributed by atoms with Gasteiger partial charge in [-0.2, -0.15) is 0 Å². The van der Waals surface area contributed by atoms with E-state index in [2.05, 4.69) is 97.0 Å². The molecule has 2 nitrogen and oxygen atoms in total. The molecule has 2 rings (SSSR count). The second-order valence-electron chi connectivity index (χ2n) is 9.86. The molecule has 0 spiro atoms. The molecule has 0 N–H and O–H groups in total. The van der Waals surface area contributed by atoms with E-state index in [1.54, 1.807) is 0 Å². The maximum atomic E-state index is 5.91. The van der Waals surface area contributed by atoms with Gasteiger partial charge in [0.15, 0.2) is 0 Å². The molecule has 154 valence electrons. The summed E-state index contributed by atoms with van der Waals surface area (Å²) in [6, 6.07) is 17.1. The van der Waals surface area contributed by atoms with Crippen molar-refractivity contribution in [2.45, 2.75) is 66.7 Å². The van der Waals surface area contributed by atoms with Crippen molar-refractivity contribution in [3.8, 4) is 11.5 Å². The van der Waals surface area contributed by atoms with Crippen LogP contribution < -0.4 is 9.47 Å². The average molecular weight is 383 g/mol. The molecule has 0 aromatic heterocycles. The van der Waals surface area contributed by atoms with Crippen LogP contribution in [0.3, 0.4) is 0 Å². The fourth-order valence-electron chi connectivity index (χ4n) is 2.99. The van der Waals surface area contributed by atoms with Crippen molar-refractivity contribution in [3.05, 3.63) is 59.7 Å². The van der Waals surface area contributed by atoms with E-state index in [0.29, 0.717) is 11.3 Å². The first kappa shape index (κ1) is 22.3. The summed E-state index contributed by atoms with van der Waals surface area (Å²) in [5.41, 5.74) is 2.79. The lowest BCUT2D eigenvalue weighted by molar-refractivity contribution is 0.243. The molecule has 0 unspecified atom stereocenters. The lowest BCUT2D eigenvalue weighted by Crippen LogP contribution is -2.18. The molecule has 0 saturated heterocycles. The Labute approximate surface area is 172 Å². The molecular formula is C26H38O2. The Kier molecular flexibility index (Phi) is 7.57. The van der Waals surface area contributed by atoms with E-state index in [1.807, 2.05) is 0 Å². The SMILES string of the molecule is CC(C)CCOc1ccc(C(C)(C)c2ccc(OCCC(C)(C)C)cc2)cc1. The molecule has 0 amide bonds. The summed E-state index contributed by atoms with van der Waals surface area (Å²) in [7, 11) is 0. The van der Waals surface area contributed by atoms with E-state index >= 15 is 0 Å². The van der Waals surface area contributed by atoms with E-state index in [4.69, 9.17) is 9.47 Å². The zero-order valence-corrected chi connectivity index (χ0v) is 18.8. The Morgan fingerprint density at radius 2 is 1.11 bits per heavy atom. The Morgan fingerprint density at radius 1 is 0.679 bits per heavy atom. The largest absolute Gasteiger partial charge is 0.494 e. The first-order chi connectivity index (χ1) is 13.1. The summed E-state index contributed by atoms with van der Waals surface area (Å²) in [6.07, 6.45) is 2.13. The van der Waals surface area contributed by atoms with E-state index in [0.717, 1.165) is 37.6 Å². The molecule has 2 aromatic rings. The van der Waals surface area contributed by atoms with Crippen LogP contribution in [0.25, 0.3) is 0 Å². The summed E-state index contributed by atoms with van der Waals surface area (Å²) in [6.45, 7) is 17.2. The molecule has 0 atom stereocenters. The number of benzene rings is 2. The van der Waals surface area contributed by atoms with E-state index in [-0.39, 0.29) is 5.41 Å². The quantitative estimate of drug-likeness (QED) is 0.454. The molecule has 28 heavy (non-hydrogen) atoms. The minimum Gasteiger partial charge on any atom is -0.494 e. The fourth-order valence-corrected chi connectivity index (χ4v) is 2.99. The molecule has 0 radical (unpaired) electrons. The van der Waals surface area contributed by atoms with Gasteiger partial charge in [0.05, 0.1) is 13.2 Å². The van der Waals surface area contributed by atoms with Crippen molar-refractivity contribution >= 4 is 0 Å². The molecule has 2 aromatic carbocycles. The van der Waals surface area contributed by atoms with Gasteiger partial charge < -0.3 is 9.47 Å². The second-order valence-corrected chi connectivity index (χ2v) is 9.86. The minimum atomic E-state index is -0.0690. The number of hydrogen-bond acceptors (Lipinski definition) is 2. The van der Waals surface area contributed by atoms with Crippen molar-refractivity contribution in [2.75, 3.05) is 13.2 Å². The van der Waals surface area contributed by atoms with Gasteiger partial charge in [-0.15, -0.1) is 0 Å². The zero-order chi connectivity index (χ0) is 20.8. The van der Waals surface area contributed by atoms with Gasteiger partial charge in [0.25, 0.3) is 0 Å². The third-order valence-corrected chi connectivity index (χ3v) is 5.24. The summed E-state index contributed by atoms with van der Waals surface area (Å²) in [4.78, 5) is 0. The highest BCUT2D eigenvalue weighted by Crippen LogP contribution is 2.33. The Bertz CT molecular complexity index is 704. The number of ether oxygens (including phenoxy) is 2. The maximum absolute atomic E-state index is 5.91. The van der Waals surface area contributed by atoms with Gasteiger partial charge in [-0.05, 0) is 59.6 Å². The second kappa shape index (κ2) is 9.49. The third-order valence-electron chi connectivity index (χ3n) is 5.24. The van der Waals surface area contributed by atoms with Crippen LogP contribution in [-0.2, 0) is 5.41 Å². The lowest BCUT2D eigenvalue weighted by atomic mass is 9.78. The summed E-state index contributed by atoms with van der Waals surface area (Å²) in [5, 5.41) is 0. The summed E-state index contributed by atoms with van der Waals surface area (Å²) < 4.78 is 11.8. The Hall–Kier alpha value is -1.96. The molecule has 0 heterocycles. The van der Waals surface area contributed by atoms with Crippen LogP contribution in [0.2, 0.25) is 0 Å². The van der Waals surface area contributed by atoms with Crippen molar-refractivity contribution in [3.63, 3.8) is 0 Å². The average Bonchev–Trinajstić information content (AvgIpc) is 2.61.